The van der Waals surface area contributed by atoms with E-state index in [4.69, 9.17) is 28.4 Å². The molecule has 1 N–H and O–H groups in total. The summed E-state index contributed by atoms with van der Waals surface area (Å²) in [6, 6.07) is 0. The largest absolute Gasteiger partial charge is 0.459 e. The number of Topliss-reactive ketones (excluding diaryl/α,β-unsaturated/α-hetero) is 2. The zero-order valence-corrected chi connectivity index (χ0v) is 23.2. The minimum absolute atomic E-state index is 0.00295. The van der Waals surface area contributed by atoms with Crippen LogP contribution in [0.4, 0.5) is 0 Å². The van der Waals surface area contributed by atoms with Crippen molar-refractivity contribution in [1.29, 1.82) is 0 Å². The van der Waals surface area contributed by atoms with Crippen molar-refractivity contribution in [2.24, 2.45) is 35.0 Å². The molecule has 0 radical (unpaired) electrons. The second-order valence-corrected chi connectivity index (χ2v) is 14.8. The summed E-state index contributed by atoms with van der Waals surface area (Å²) in [5.74, 6) is -7.79. The smallest absolute Gasteiger partial charge is 0.312 e. The molecule has 9 fully saturated rings. The molecule has 1 unspecified atom stereocenters. The SMILES string of the molecule is C[C@@H]1C(=O)O[C@H]2[C@@H]1O[C@@]13O[C@@]4(CC[C@]5(C)C(=O)[C@@H](C)[C@H]2C15)C[C@]12OC(=O)C[C@@]1(O)OC(C)(C)[C@@H]2C[C@@H]1O[C@@]14C3=O. The van der Waals surface area contributed by atoms with Crippen LogP contribution in [-0.2, 0) is 47.6 Å². The summed E-state index contributed by atoms with van der Waals surface area (Å²) in [6.07, 6.45) is -1.36. The van der Waals surface area contributed by atoms with Gasteiger partial charge in [-0.05, 0) is 40.0 Å². The third-order valence-electron chi connectivity index (χ3n) is 12.8. The van der Waals surface area contributed by atoms with Gasteiger partial charge in [-0.25, -0.2) is 0 Å². The fourth-order valence-electron chi connectivity index (χ4n) is 11.2. The number of carbonyl (C=O) groups excluding carboxylic acids is 4. The van der Waals surface area contributed by atoms with E-state index in [1.807, 2.05) is 27.7 Å². The topological polar surface area (TPSA) is 147 Å². The van der Waals surface area contributed by atoms with Gasteiger partial charge in [0.1, 0.15) is 30.0 Å². The third kappa shape index (κ3) is 2.17. The molecule has 9 rings (SSSR count). The Kier molecular flexibility index (Phi) is 3.92. The van der Waals surface area contributed by atoms with Gasteiger partial charge in [0.2, 0.25) is 17.4 Å². The van der Waals surface area contributed by atoms with Crippen LogP contribution in [0.15, 0.2) is 0 Å². The van der Waals surface area contributed by atoms with Crippen molar-refractivity contribution in [1.82, 2.24) is 0 Å². The van der Waals surface area contributed by atoms with Crippen LogP contribution in [-0.4, -0.2) is 80.9 Å². The first-order valence-electron chi connectivity index (χ1n) is 14.6. The molecule has 7 aliphatic heterocycles. The standard InChI is InChI=1S/C29H34O11/c1-11-16-18-17(12(2)21(32)35-18)38-29-19(16)24(5,20(11)31)6-7-25(40-29)10-26-13(8-14-28(25,36-14)22(29)33)23(3,4)39-27(26,34)9-15(30)37-26/h11-14,16-19,34H,6-10H2,1-5H3/t11-,12-,13-,14-,16+,17+,18+,19?,24-,25-,26+,27+,28+,29+/m0/s1. The zero-order valence-electron chi connectivity index (χ0n) is 23.2. The molecule has 11 nitrogen and oxygen atoms in total. The summed E-state index contributed by atoms with van der Waals surface area (Å²) in [5, 5.41) is 11.9. The van der Waals surface area contributed by atoms with E-state index in [-0.39, 0.29) is 30.8 Å². The van der Waals surface area contributed by atoms with Gasteiger partial charge >= 0.3 is 11.9 Å². The molecular weight excluding hydrogens is 524 g/mol. The number of ketones is 2. The Morgan fingerprint density at radius 2 is 1.68 bits per heavy atom. The minimum atomic E-state index is -1.90. The Bertz CT molecular complexity index is 1360. The second kappa shape index (κ2) is 6.37. The Balaban J connectivity index is 1.26. The summed E-state index contributed by atoms with van der Waals surface area (Å²) in [6.45, 7) is 9.14. The number of epoxide rings is 1. The average Bonchev–Trinajstić information content (AvgIpc) is 3.35. The lowest BCUT2D eigenvalue weighted by Gasteiger charge is -2.49. The van der Waals surface area contributed by atoms with Crippen LogP contribution in [0.25, 0.3) is 0 Å². The Hall–Kier alpha value is -1.92. The van der Waals surface area contributed by atoms with E-state index in [0.717, 1.165) is 0 Å². The molecule has 0 aromatic rings. The van der Waals surface area contributed by atoms with Gasteiger partial charge in [0.15, 0.2) is 11.2 Å². The molecule has 9 aliphatic rings. The average molecular weight is 559 g/mol. The number of esters is 2. The van der Waals surface area contributed by atoms with Gasteiger partial charge in [-0.3, -0.25) is 19.2 Å². The van der Waals surface area contributed by atoms with E-state index < -0.39 is 99.2 Å². The predicted molar refractivity (Wildman–Crippen MR) is 128 cm³/mol. The molecule has 0 amide bonds. The highest BCUT2D eigenvalue weighted by Gasteiger charge is 2.94. The number of fused-ring (bicyclic) bond motifs is 2. The Morgan fingerprint density at radius 3 is 2.42 bits per heavy atom. The van der Waals surface area contributed by atoms with Crippen molar-refractivity contribution in [3.63, 3.8) is 0 Å². The highest BCUT2D eigenvalue weighted by atomic mass is 16.8. The lowest BCUT2D eigenvalue weighted by molar-refractivity contribution is -0.335. The highest BCUT2D eigenvalue weighted by Crippen LogP contribution is 2.76. The minimum Gasteiger partial charge on any atom is -0.459 e. The van der Waals surface area contributed by atoms with Gasteiger partial charge < -0.3 is 33.5 Å². The zero-order chi connectivity index (χ0) is 28.2. The van der Waals surface area contributed by atoms with Gasteiger partial charge in [-0.2, -0.15) is 0 Å². The summed E-state index contributed by atoms with van der Waals surface area (Å²) in [5.41, 5.74) is -6.02. The maximum atomic E-state index is 15.0. The van der Waals surface area contributed by atoms with Crippen LogP contribution < -0.4 is 0 Å². The first-order valence-corrected chi connectivity index (χ1v) is 14.6. The molecule has 0 aromatic carbocycles. The lowest BCUT2D eigenvalue weighted by Crippen LogP contribution is -2.64. The normalized spacial score (nSPS) is 63.2. The predicted octanol–water partition coefficient (Wildman–Crippen LogP) is 0.963. The van der Waals surface area contributed by atoms with E-state index in [0.29, 0.717) is 12.8 Å². The molecule has 2 aliphatic carbocycles. The molecule has 11 heteroatoms. The summed E-state index contributed by atoms with van der Waals surface area (Å²) >= 11 is 0. The van der Waals surface area contributed by atoms with Crippen LogP contribution in [0, 0.1) is 35.0 Å². The number of rotatable bonds is 0. The number of aliphatic hydroxyl groups is 1. The van der Waals surface area contributed by atoms with Crippen molar-refractivity contribution >= 4 is 23.5 Å². The molecule has 40 heavy (non-hydrogen) atoms. The fourth-order valence-corrected chi connectivity index (χ4v) is 11.2. The monoisotopic (exact) mass is 558 g/mol. The summed E-state index contributed by atoms with van der Waals surface area (Å²) in [4.78, 5) is 54.5. The molecule has 4 spiro atoms. The number of hydrogen-bond acceptors (Lipinski definition) is 11. The first-order chi connectivity index (χ1) is 18.6. The maximum Gasteiger partial charge on any atom is 0.312 e. The molecule has 2 saturated carbocycles. The summed E-state index contributed by atoms with van der Waals surface area (Å²) in [7, 11) is 0. The van der Waals surface area contributed by atoms with Crippen LogP contribution >= 0.6 is 0 Å². The van der Waals surface area contributed by atoms with Gasteiger partial charge in [0.05, 0.1) is 17.6 Å². The van der Waals surface area contributed by atoms with E-state index in [1.54, 1.807) is 6.92 Å². The number of hydrogen-bond donors (Lipinski definition) is 1. The summed E-state index contributed by atoms with van der Waals surface area (Å²) < 4.78 is 38.2. The van der Waals surface area contributed by atoms with Gasteiger partial charge in [0, 0.05) is 35.5 Å². The van der Waals surface area contributed by atoms with Crippen molar-refractivity contribution < 1.29 is 52.7 Å². The van der Waals surface area contributed by atoms with Crippen molar-refractivity contribution in [3.8, 4) is 0 Å². The van der Waals surface area contributed by atoms with Crippen molar-refractivity contribution in [2.45, 2.75) is 119 Å². The molecule has 0 aromatic heterocycles. The first kappa shape index (κ1) is 24.7. The molecule has 7 saturated heterocycles. The van der Waals surface area contributed by atoms with Gasteiger partial charge in [0.25, 0.3) is 0 Å². The van der Waals surface area contributed by atoms with E-state index >= 15 is 0 Å². The van der Waals surface area contributed by atoms with Crippen LogP contribution in [0.3, 0.4) is 0 Å². The number of carbonyl (C=O) groups is 4. The molecule has 7 heterocycles. The van der Waals surface area contributed by atoms with Crippen LogP contribution in [0.5, 0.6) is 0 Å². The van der Waals surface area contributed by atoms with Crippen molar-refractivity contribution in [2.75, 3.05) is 0 Å². The quantitative estimate of drug-likeness (QED) is 0.335. The molecule has 2 bridgehead atoms. The number of ether oxygens (including phenoxy) is 6. The third-order valence-corrected chi connectivity index (χ3v) is 12.8. The lowest BCUT2D eigenvalue weighted by atomic mass is 9.60. The van der Waals surface area contributed by atoms with E-state index in [9.17, 15) is 24.3 Å². The maximum absolute atomic E-state index is 15.0. The van der Waals surface area contributed by atoms with Crippen molar-refractivity contribution in [3.05, 3.63) is 0 Å². The Morgan fingerprint density at radius 1 is 0.925 bits per heavy atom. The molecular formula is C29H34O11. The van der Waals surface area contributed by atoms with Crippen LogP contribution in [0.2, 0.25) is 0 Å². The van der Waals surface area contributed by atoms with Gasteiger partial charge in [-0.15, -0.1) is 0 Å². The van der Waals surface area contributed by atoms with Gasteiger partial charge in [-0.1, -0.05) is 13.8 Å². The molecule has 216 valence electrons. The molecule has 14 atom stereocenters. The Labute approximate surface area is 230 Å². The van der Waals surface area contributed by atoms with E-state index in [1.165, 1.54) is 0 Å². The fraction of sp³-hybridized carbons (Fsp3) is 0.862. The second-order valence-electron chi connectivity index (χ2n) is 14.8. The van der Waals surface area contributed by atoms with E-state index in [2.05, 4.69) is 0 Å². The highest BCUT2D eigenvalue weighted by molar-refractivity contribution is 6.03. The van der Waals surface area contributed by atoms with Crippen LogP contribution in [0.1, 0.15) is 66.7 Å².